The molecule has 0 aromatic heterocycles. The van der Waals surface area contributed by atoms with Crippen LogP contribution in [0.4, 0.5) is 0 Å². The summed E-state index contributed by atoms with van der Waals surface area (Å²) in [5.41, 5.74) is 0. The predicted octanol–water partition coefficient (Wildman–Crippen LogP) is 2.90. The molecule has 4 nitrogen and oxygen atoms in total. The third-order valence-electron chi connectivity index (χ3n) is 3.26. The largest absolute Gasteiger partial charge is 0.381 e. The highest BCUT2D eigenvalue weighted by Gasteiger charge is 2.29. The molecule has 1 aromatic carbocycles. The first kappa shape index (κ1) is 15.3. The van der Waals surface area contributed by atoms with Crippen molar-refractivity contribution in [3.8, 4) is 0 Å². The van der Waals surface area contributed by atoms with Crippen LogP contribution < -0.4 is 0 Å². The maximum Gasteiger partial charge on any atom is 0.243 e. The lowest BCUT2D eigenvalue weighted by Crippen LogP contribution is -2.40. The fourth-order valence-electron chi connectivity index (χ4n) is 2.09. The average molecular weight is 369 g/mol. The Labute approximate surface area is 126 Å². The first-order chi connectivity index (χ1) is 8.95. The zero-order valence-electron chi connectivity index (χ0n) is 10.5. The molecule has 1 fully saturated rings. The van der Waals surface area contributed by atoms with Gasteiger partial charge in [0.15, 0.2) is 0 Å². The minimum Gasteiger partial charge on any atom is -0.381 e. The third-order valence-corrected chi connectivity index (χ3v) is 6.37. The van der Waals surface area contributed by atoms with Gasteiger partial charge in [0.1, 0.15) is 0 Å². The van der Waals surface area contributed by atoms with Crippen molar-refractivity contribution in [1.82, 2.24) is 4.31 Å². The van der Waals surface area contributed by atoms with Crippen molar-refractivity contribution in [3.05, 3.63) is 27.7 Å². The van der Waals surface area contributed by atoms with Gasteiger partial charge < -0.3 is 4.74 Å². The number of benzene rings is 1. The van der Waals surface area contributed by atoms with Crippen LogP contribution in [0.3, 0.4) is 0 Å². The fraction of sp³-hybridized carbons (Fsp3) is 0.500. The molecule has 1 aliphatic heterocycles. The summed E-state index contributed by atoms with van der Waals surface area (Å²) in [5, 5.41) is 0.497. The van der Waals surface area contributed by atoms with E-state index >= 15 is 0 Å². The lowest BCUT2D eigenvalue weighted by Gasteiger charge is -2.30. The summed E-state index contributed by atoms with van der Waals surface area (Å²) < 4.78 is 32.3. The van der Waals surface area contributed by atoms with Crippen LogP contribution in [0.2, 0.25) is 5.02 Å². The molecule has 1 aliphatic rings. The number of piperidine rings is 1. The van der Waals surface area contributed by atoms with Crippen LogP contribution in [0.25, 0.3) is 0 Å². The van der Waals surface area contributed by atoms with Crippen LogP contribution in [0.5, 0.6) is 0 Å². The molecule has 0 aliphatic carbocycles. The van der Waals surface area contributed by atoms with Gasteiger partial charge in [-0.1, -0.05) is 11.6 Å². The maximum atomic E-state index is 12.5. The quantitative estimate of drug-likeness (QED) is 0.824. The van der Waals surface area contributed by atoms with Crippen molar-refractivity contribution < 1.29 is 13.2 Å². The molecule has 0 radical (unpaired) electrons. The van der Waals surface area contributed by atoms with E-state index in [1.807, 2.05) is 0 Å². The van der Waals surface area contributed by atoms with Crippen LogP contribution >= 0.6 is 27.5 Å². The van der Waals surface area contributed by atoms with Gasteiger partial charge in [-0.05, 0) is 47.0 Å². The zero-order valence-corrected chi connectivity index (χ0v) is 13.6. The molecule has 0 atom stereocenters. The van der Waals surface area contributed by atoms with Gasteiger partial charge in [-0.15, -0.1) is 0 Å². The molecule has 0 unspecified atom stereocenters. The highest BCUT2D eigenvalue weighted by molar-refractivity contribution is 9.10. The average Bonchev–Trinajstić information content (AvgIpc) is 2.41. The van der Waals surface area contributed by atoms with Gasteiger partial charge in [0.05, 0.1) is 16.0 Å². The number of halogens is 2. The molecule has 0 spiro atoms. The normalized spacial score (nSPS) is 18.7. The van der Waals surface area contributed by atoms with E-state index in [-0.39, 0.29) is 11.0 Å². The second-order valence-corrected chi connectivity index (χ2v) is 7.61. The molecular formula is C12H15BrClNO3S. The molecule has 1 aromatic rings. The number of sulfonamides is 1. The summed E-state index contributed by atoms with van der Waals surface area (Å²) in [6.45, 7) is 0.974. The number of rotatable bonds is 3. The summed E-state index contributed by atoms with van der Waals surface area (Å²) >= 11 is 9.13. The van der Waals surface area contributed by atoms with Crippen LogP contribution in [-0.2, 0) is 14.8 Å². The molecule has 7 heteroatoms. The van der Waals surface area contributed by atoms with Gasteiger partial charge in [-0.3, -0.25) is 0 Å². The molecule has 0 amide bonds. The Bertz CT molecular complexity index is 556. The zero-order chi connectivity index (χ0) is 14.0. The van der Waals surface area contributed by atoms with Crippen LogP contribution in [-0.4, -0.2) is 39.0 Å². The SMILES string of the molecule is COC1CCN(S(=O)(=O)c2ccc(Cl)c(Br)c2)CC1. The summed E-state index contributed by atoms with van der Waals surface area (Å²) in [5.74, 6) is 0. The van der Waals surface area contributed by atoms with Gasteiger partial charge in [-0.25, -0.2) is 8.42 Å². The molecule has 1 heterocycles. The second kappa shape index (κ2) is 6.10. The summed E-state index contributed by atoms with van der Waals surface area (Å²) in [7, 11) is -1.79. The number of ether oxygens (including phenoxy) is 1. The number of methoxy groups -OCH3 is 1. The van der Waals surface area contributed by atoms with E-state index in [0.29, 0.717) is 22.6 Å². The number of hydrogen-bond donors (Lipinski definition) is 0. The van der Waals surface area contributed by atoms with E-state index in [0.717, 1.165) is 12.8 Å². The molecule has 0 bridgehead atoms. The Balaban J connectivity index is 2.21. The minimum atomic E-state index is -3.44. The Kier molecular flexibility index (Phi) is 4.89. The van der Waals surface area contributed by atoms with E-state index in [1.165, 1.54) is 10.4 Å². The first-order valence-corrected chi connectivity index (χ1v) is 8.54. The van der Waals surface area contributed by atoms with Crippen molar-refractivity contribution in [1.29, 1.82) is 0 Å². The monoisotopic (exact) mass is 367 g/mol. The third kappa shape index (κ3) is 3.31. The highest BCUT2D eigenvalue weighted by atomic mass is 79.9. The maximum absolute atomic E-state index is 12.5. The smallest absolute Gasteiger partial charge is 0.243 e. The second-order valence-electron chi connectivity index (χ2n) is 4.42. The van der Waals surface area contributed by atoms with Crippen molar-refractivity contribution in [2.75, 3.05) is 20.2 Å². The van der Waals surface area contributed by atoms with Crippen LogP contribution in [0.1, 0.15) is 12.8 Å². The van der Waals surface area contributed by atoms with Gasteiger partial charge in [-0.2, -0.15) is 4.31 Å². The van der Waals surface area contributed by atoms with Gasteiger partial charge >= 0.3 is 0 Å². The van der Waals surface area contributed by atoms with E-state index in [9.17, 15) is 8.42 Å². The Morgan fingerprint density at radius 3 is 2.53 bits per heavy atom. The van der Waals surface area contributed by atoms with Gasteiger partial charge in [0.25, 0.3) is 0 Å². The van der Waals surface area contributed by atoms with Crippen LogP contribution in [0.15, 0.2) is 27.6 Å². The molecule has 2 rings (SSSR count). The van der Waals surface area contributed by atoms with Crippen molar-refractivity contribution in [3.63, 3.8) is 0 Å². The molecule has 106 valence electrons. The Morgan fingerprint density at radius 1 is 1.37 bits per heavy atom. The topological polar surface area (TPSA) is 46.6 Å². The van der Waals surface area contributed by atoms with Crippen LogP contribution in [0, 0.1) is 0 Å². The molecule has 0 saturated carbocycles. The van der Waals surface area contributed by atoms with Crippen molar-refractivity contribution >= 4 is 37.6 Å². The number of nitrogens with zero attached hydrogens (tertiary/aromatic N) is 1. The standard InChI is InChI=1S/C12H15BrClNO3S/c1-18-9-4-6-15(7-5-9)19(16,17)10-2-3-12(14)11(13)8-10/h2-3,8-9H,4-7H2,1H3. The predicted molar refractivity (Wildman–Crippen MR) is 77.9 cm³/mol. The summed E-state index contributed by atoms with van der Waals surface area (Å²) in [6.07, 6.45) is 1.61. The van der Waals surface area contributed by atoms with E-state index in [1.54, 1.807) is 19.2 Å². The highest BCUT2D eigenvalue weighted by Crippen LogP contribution is 2.28. The van der Waals surface area contributed by atoms with Crippen molar-refractivity contribution in [2.24, 2.45) is 0 Å². The molecule has 19 heavy (non-hydrogen) atoms. The van der Waals surface area contributed by atoms with Crippen molar-refractivity contribution in [2.45, 2.75) is 23.8 Å². The molecule has 1 saturated heterocycles. The van der Waals surface area contributed by atoms with E-state index in [2.05, 4.69) is 15.9 Å². The Hall–Kier alpha value is -0.140. The Morgan fingerprint density at radius 2 is 2.00 bits per heavy atom. The first-order valence-electron chi connectivity index (χ1n) is 5.93. The van der Waals surface area contributed by atoms with Gasteiger partial charge in [0.2, 0.25) is 10.0 Å². The van der Waals surface area contributed by atoms with Gasteiger partial charge in [0, 0.05) is 24.7 Å². The lowest BCUT2D eigenvalue weighted by atomic mass is 10.1. The lowest BCUT2D eigenvalue weighted by molar-refractivity contribution is 0.0604. The minimum absolute atomic E-state index is 0.156. The summed E-state index contributed by atoms with van der Waals surface area (Å²) in [6, 6.07) is 4.66. The fourth-order valence-corrected chi connectivity index (χ4v) is 4.24. The number of hydrogen-bond acceptors (Lipinski definition) is 3. The van der Waals surface area contributed by atoms with E-state index < -0.39 is 10.0 Å². The molecule has 0 N–H and O–H groups in total. The molecular weight excluding hydrogens is 354 g/mol. The summed E-state index contributed by atoms with van der Waals surface area (Å²) in [4.78, 5) is 0.264. The van der Waals surface area contributed by atoms with E-state index in [4.69, 9.17) is 16.3 Å².